The van der Waals surface area contributed by atoms with Gasteiger partial charge in [0.05, 0.1) is 12.7 Å². The van der Waals surface area contributed by atoms with Crippen LogP contribution in [-0.2, 0) is 6.61 Å². The number of rotatable bonds is 5. The molecule has 0 radical (unpaired) electrons. The number of hydrogen-bond donors (Lipinski definition) is 2. The molecule has 0 heterocycles. The van der Waals surface area contributed by atoms with Crippen molar-refractivity contribution in [1.29, 1.82) is 5.26 Å². The van der Waals surface area contributed by atoms with Gasteiger partial charge in [-0.25, -0.2) is 0 Å². The number of nitrogens with one attached hydrogen (secondary N) is 1. The van der Waals surface area contributed by atoms with E-state index in [0.29, 0.717) is 6.42 Å². The third-order valence-corrected chi connectivity index (χ3v) is 3.92. The summed E-state index contributed by atoms with van der Waals surface area (Å²) in [4.78, 5) is 0. The lowest BCUT2D eigenvalue weighted by Gasteiger charge is -2.38. The Labute approximate surface area is 126 Å². The number of ether oxygens (including phenoxy) is 1. The minimum atomic E-state index is -0.495. The molecule has 0 bridgehead atoms. The lowest BCUT2D eigenvalue weighted by molar-refractivity contribution is 0.106. The summed E-state index contributed by atoms with van der Waals surface area (Å²) in [6.45, 7) is 4.09. The third-order valence-electron chi connectivity index (χ3n) is 3.92. The fourth-order valence-electron chi connectivity index (χ4n) is 3.07. The highest BCUT2D eigenvalue weighted by Gasteiger charge is 2.38. The van der Waals surface area contributed by atoms with E-state index in [2.05, 4.69) is 25.2 Å². The van der Waals surface area contributed by atoms with E-state index in [4.69, 9.17) is 4.74 Å². The Bertz CT molecular complexity index is 510. The molecule has 4 heteroatoms. The first-order valence-electron chi connectivity index (χ1n) is 7.63. The van der Waals surface area contributed by atoms with Gasteiger partial charge in [0.25, 0.3) is 0 Å². The highest BCUT2D eigenvalue weighted by atomic mass is 16.5. The van der Waals surface area contributed by atoms with Crippen molar-refractivity contribution in [2.24, 2.45) is 0 Å². The first-order chi connectivity index (χ1) is 10.1. The quantitative estimate of drug-likeness (QED) is 0.874. The van der Waals surface area contributed by atoms with Crippen molar-refractivity contribution in [3.8, 4) is 11.8 Å². The van der Waals surface area contributed by atoms with Gasteiger partial charge in [0.1, 0.15) is 17.4 Å². The first-order valence-corrected chi connectivity index (χ1v) is 7.63. The van der Waals surface area contributed by atoms with E-state index in [9.17, 15) is 10.4 Å². The average Bonchev–Trinajstić information content (AvgIpc) is 2.47. The number of para-hydroxylation sites is 1. The summed E-state index contributed by atoms with van der Waals surface area (Å²) >= 11 is 0. The average molecular weight is 288 g/mol. The number of aliphatic hydroxyl groups is 1. The zero-order valence-electron chi connectivity index (χ0n) is 12.8. The summed E-state index contributed by atoms with van der Waals surface area (Å²) in [6.07, 6.45) is 3.48. The van der Waals surface area contributed by atoms with Gasteiger partial charge in [-0.05, 0) is 39.2 Å². The van der Waals surface area contributed by atoms with Crippen LogP contribution in [0.5, 0.6) is 5.75 Å². The maximum atomic E-state index is 9.57. The van der Waals surface area contributed by atoms with E-state index in [-0.39, 0.29) is 18.8 Å². The molecule has 0 amide bonds. The van der Waals surface area contributed by atoms with Gasteiger partial charge >= 0.3 is 0 Å². The van der Waals surface area contributed by atoms with E-state index in [1.807, 2.05) is 24.3 Å². The number of nitrogens with zero attached hydrogens (tertiary/aromatic N) is 1. The van der Waals surface area contributed by atoms with Crippen molar-refractivity contribution >= 4 is 0 Å². The Kier molecular flexibility index (Phi) is 5.22. The van der Waals surface area contributed by atoms with Crippen molar-refractivity contribution in [3.63, 3.8) is 0 Å². The lowest BCUT2D eigenvalue weighted by Crippen LogP contribution is -2.52. The van der Waals surface area contributed by atoms with Crippen LogP contribution < -0.4 is 10.1 Å². The number of hydrogen-bond acceptors (Lipinski definition) is 4. The first kappa shape index (κ1) is 15.8. The molecule has 2 N–H and O–H groups in total. The zero-order chi connectivity index (χ0) is 15.3. The summed E-state index contributed by atoms with van der Waals surface area (Å²) in [5.74, 6) is 0.725. The molecule has 0 spiro atoms. The Hall–Kier alpha value is -1.57. The monoisotopic (exact) mass is 288 g/mol. The molecule has 2 unspecified atom stereocenters. The van der Waals surface area contributed by atoms with Crippen molar-refractivity contribution in [2.75, 3.05) is 0 Å². The Balaban J connectivity index is 2.09. The van der Waals surface area contributed by atoms with Crippen molar-refractivity contribution in [1.82, 2.24) is 5.32 Å². The van der Waals surface area contributed by atoms with Crippen LogP contribution in [0.15, 0.2) is 24.3 Å². The normalized spacial score (nSPS) is 25.6. The SMILES string of the molecule is CC(C)NC1(C#N)CCCC(Oc2ccccc2CO)C1. The molecule has 114 valence electrons. The molecule has 1 aromatic carbocycles. The fraction of sp³-hybridized carbons (Fsp3) is 0.588. The van der Waals surface area contributed by atoms with Crippen LogP contribution in [0.4, 0.5) is 0 Å². The van der Waals surface area contributed by atoms with Crippen LogP contribution >= 0.6 is 0 Å². The molecule has 1 aliphatic carbocycles. The molecule has 1 saturated carbocycles. The van der Waals surface area contributed by atoms with Crippen molar-refractivity contribution in [3.05, 3.63) is 29.8 Å². The summed E-state index contributed by atoms with van der Waals surface area (Å²) in [7, 11) is 0. The minimum Gasteiger partial charge on any atom is -0.490 e. The summed E-state index contributed by atoms with van der Waals surface area (Å²) in [6, 6.07) is 10.3. The fourth-order valence-corrected chi connectivity index (χ4v) is 3.07. The van der Waals surface area contributed by atoms with E-state index in [1.54, 1.807) is 0 Å². The van der Waals surface area contributed by atoms with Crippen LogP contribution in [0.1, 0.15) is 45.1 Å². The minimum absolute atomic E-state index is 0.0114. The Morgan fingerprint density at radius 2 is 2.24 bits per heavy atom. The van der Waals surface area contributed by atoms with Gasteiger partial charge in [-0.15, -0.1) is 0 Å². The lowest BCUT2D eigenvalue weighted by atomic mass is 9.80. The van der Waals surface area contributed by atoms with Crippen LogP contribution in [0.25, 0.3) is 0 Å². The predicted molar refractivity (Wildman–Crippen MR) is 81.9 cm³/mol. The Morgan fingerprint density at radius 3 is 2.90 bits per heavy atom. The maximum Gasteiger partial charge on any atom is 0.125 e. The second kappa shape index (κ2) is 6.93. The number of aliphatic hydroxyl groups excluding tert-OH is 1. The molecule has 0 aliphatic heterocycles. The summed E-state index contributed by atoms with van der Waals surface area (Å²) < 4.78 is 6.06. The summed E-state index contributed by atoms with van der Waals surface area (Å²) in [5.41, 5.74) is 0.299. The van der Waals surface area contributed by atoms with Gasteiger partial charge in [-0.3, -0.25) is 5.32 Å². The number of benzene rings is 1. The highest BCUT2D eigenvalue weighted by Crippen LogP contribution is 2.32. The van der Waals surface area contributed by atoms with Gasteiger partial charge in [-0.1, -0.05) is 18.2 Å². The number of nitriles is 1. The molecule has 0 saturated heterocycles. The van der Waals surface area contributed by atoms with Gasteiger partial charge in [-0.2, -0.15) is 5.26 Å². The second-order valence-corrected chi connectivity index (χ2v) is 6.09. The third kappa shape index (κ3) is 3.96. The topological polar surface area (TPSA) is 65.3 Å². The molecule has 2 rings (SSSR count). The Morgan fingerprint density at radius 1 is 1.48 bits per heavy atom. The molecule has 1 fully saturated rings. The highest BCUT2D eigenvalue weighted by molar-refractivity contribution is 5.33. The molecular formula is C17H24N2O2. The summed E-state index contributed by atoms with van der Waals surface area (Å²) in [5, 5.41) is 22.3. The smallest absolute Gasteiger partial charge is 0.125 e. The van der Waals surface area contributed by atoms with Gasteiger partial charge in [0.2, 0.25) is 0 Å². The van der Waals surface area contributed by atoms with Gasteiger partial charge in [0.15, 0.2) is 0 Å². The predicted octanol–water partition coefficient (Wildman–Crippen LogP) is 2.76. The molecular weight excluding hydrogens is 264 g/mol. The van der Waals surface area contributed by atoms with E-state index in [0.717, 1.165) is 30.6 Å². The largest absolute Gasteiger partial charge is 0.490 e. The van der Waals surface area contributed by atoms with Crippen molar-refractivity contribution < 1.29 is 9.84 Å². The molecule has 4 nitrogen and oxygen atoms in total. The molecule has 0 aromatic heterocycles. The van der Waals surface area contributed by atoms with E-state index < -0.39 is 5.54 Å². The maximum absolute atomic E-state index is 9.57. The van der Waals surface area contributed by atoms with E-state index >= 15 is 0 Å². The second-order valence-electron chi connectivity index (χ2n) is 6.09. The van der Waals surface area contributed by atoms with Crippen LogP contribution in [-0.4, -0.2) is 22.8 Å². The van der Waals surface area contributed by atoms with Crippen molar-refractivity contribution in [2.45, 2.75) is 63.8 Å². The zero-order valence-corrected chi connectivity index (χ0v) is 12.8. The standard InChI is InChI=1S/C17H24N2O2/c1-13(2)19-17(12-18)9-5-7-15(10-17)21-16-8-4-3-6-14(16)11-20/h3-4,6,8,13,15,19-20H,5,7,9-11H2,1-2H3. The molecule has 21 heavy (non-hydrogen) atoms. The van der Waals surface area contributed by atoms with Crippen LogP contribution in [0, 0.1) is 11.3 Å². The molecule has 1 aromatic rings. The molecule has 2 atom stereocenters. The van der Waals surface area contributed by atoms with Gasteiger partial charge < -0.3 is 9.84 Å². The van der Waals surface area contributed by atoms with Gasteiger partial charge in [0, 0.05) is 18.0 Å². The van der Waals surface area contributed by atoms with E-state index in [1.165, 1.54) is 0 Å². The van der Waals surface area contributed by atoms with Crippen LogP contribution in [0.3, 0.4) is 0 Å². The molecule has 1 aliphatic rings. The van der Waals surface area contributed by atoms with Crippen LogP contribution in [0.2, 0.25) is 0 Å².